The summed E-state index contributed by atoms with van der Waals surface area (Å²) in [6.07, 6.45) is 0. The minimum absolute atomic E-state index is 0.119. The largest absolute Gasteiger partial charge is 0.370 e. The van der Waals surface area contributed by atoms with Gasteiger partial charge in [0.05, 0.1) is 5.54 Å². The van der Waals surface area contributed by atoms with E-state index in [1.54, 1.807) is 46.8 Å². The van der Waals surface area contributed by atoms with Gasteiger partial charge in [0.1, 0.15) is 16.5 Å². The molecule has 0 spiro atoms. The van der Waals surface area contributed by atoms with E-state index in [4.69, 9.17) is 4.18 Å². The van der Waals surface area contributed by atoms with Crippen molar-refractivity contribution < 1.29 is 31.4 Å². The molecule has 45 heavy (non-hydrogen) atoms. The lowest BCUT2D eigenvalue weighted by atomic mass is 10.0. The van der Waals surface area contributed by atoms with Crippen molar-refractivity contribution in [2.45, 2.75) is 65.4 Å². The molecule has 0 unspecified atom stereocenters. The van der Waals surface area contributed by atoms with Crippen LogP contribution in [-0.2, 0) is 38.8 Å². The van der Waals surface area contributed by atoms with E-state index in [9.17, 15) is 32.0 Å². The molecule has 0 fully saturated rings. The third-order valence-corrected chi connectivity index (χ3v) is 8.64. The predicted octanol–water partition coefficient (Wildman–Crippen LogP) is 2.76. The number of likely N-dealkylation sites (N-methyl/N-ethyl adjacent to an activating group) is 1. The Morgan fingerprint density at radius 3 is 2.11 bits per heavy atom. The molecule has 0 aliphatic heterocycles. The molecule has 2 aromatic carbocycles. The molecule has 3 aromatic rings. The van der Waals surface area contributed by atoms with Gasteiger partial charge in [-0.3, -0.25) is 23.7 Å². The molecule has 0 saturated heterocycles. The molecule has 14 heteroatoms. The van der Waals surface area contributed by atoms with Crippen molar-refractivity contribution in [3.05, 3.63) is 86.3 Å². The smallest absolute Gasteiger partial charge is 0.340 e. The van der Waals surface area contributed by atoms with Gasteiger partial charge in [0.25, 0.3) is 11.5 Å². The van der Waals surface area contributed by atoms with Gasteiger partial charge in [-0.05, 0) is 77.3 Å². The Kier molecular flexibility index (Phi) is 10.5. The Balaban J connectivity index is 2.15. The molecule has 242 valence electrons. The van der Waals surface area contributed by atoms with Crippen LogP contribution in [0.1, 0.15) is 66.3 Å². The minimum atomic E-state index is -4.65. The number of halogens is 1. The van der Waals surface area contributed by atoms with E-state index in [0.29, 0.717) is 29.8 Å². The van der Waals surface area contributed by atoms with Gasteiger partial charge in [0.15, 0.2) is 5.69 Å². The molecule has 0 atom stereocenters. The fraction of sp³-hybridized carbons (Fsp3) is 0.387. The zero-order valence-electron chi connectivity index (χ0n) is 26.6. The van der Waals surface area contributed by atoms with E-state index in [1.165, 1.54) is 50.1 Å². The van der Waals surface area contributed by atoms with E-state index in [0.717, 1.165) is 10.1 Å². The van der Waals surface area contributed by atoms with Gasteiger partial charge in [-0.1, -0.05) is 29.8 Å². The Labute approximate surface area is 261 Å². The maximum absolute atomic E-state index is 13.8. The Morgan fingerprint density at radius 2 is 1.58 bits per heavy atom. The van der Waals surface area contributed by atoms with Crippen LogP contribution in [0, 0.1) is 26.6 Å². The van der Waals surface area contributed by atoms with Crippen LogP contribution in [0.25, 0.3) is 0 Å². The average molecular weight is 644 g/mol. The van der Waals surface area contributed by atoms with Crippen LogP contribution in [0.3, 0.4) is 0 Å². The van der Waals surface area contributed by atoms with Crippen LogP contribution in [-0.4, -0.2) is 53.7 Å². The number of carbonyl (C=O) groups is 3. The molecule has 3 rings (SSSR count). The van der Waals surface area contributed by atoms with Gasteiger partial charge in [-0.2, -0.15) is 8.42 Å². The Morgan fingerprint density at radius 1 is 1.02 bits per heavy atom. The Hall–Kier alpha value is -4.59. The number of aromatic nitrogens is 2. The van der Waals surface area contributed by atoms with E-state index in [-0.39, 0.29) is 17.3 Å². The van der Waals surface area contributed by atoms with Crippen LogP contribution in [0.5, 0.6) is 5.75 Å². The number of hydrogen-bond acceptors (Lipinski definition) is 8. The molecule has 0 radical (unpaired) electrons. The molecular weight excluding hydrogens is 605 g/mol. The summed E-state index contributed by atoms with van der Waals surface area (Å²) >= 11 is 0. The molecule has 1 aromatic heterocycles. The number of hydrogen-bond donors (Lipinski definition) is 2. The van der Waals surface area contributed by atoms with Crippen molar-refractivity contribution in [3.63, 3.8) is 0 Å². The number of nitrogens with zero attached hydrogens (tertiary/aromatic N) is 3. The molecule has 0 saturated carbocycles. The normalized spacial score (nSPS) is 11.6. The molecule has 3 amide bonds. The second kappa shape index (κ2) is 13.6. The fourth-order valence-corrected chi connectivity index (χ4v) is 6.36. The van der Waals surface area contributed by atoms with Crippen LogP contribution >= 0.6 is 0 Å². The summed E-state index contributed by atoms with van der Waals surface area (Å²) in [6, 6.07) is 8.57. The van der Waals surface area contributed by atoms with Crippen LogP contribution in [0.4, 0.5) is 4.39 Å². The Bertz CT molecular complexity index is 1770. The summed E-state index contributed by atoms with van der Waals surface area (Å²) < 4.78 is 46.8. The highest BCUT2D eigenvalue weighted by molar-refractivity contribution is 7.87. The number of nitrogens with one attached hydrogen (secondary N) is 2. The van der Waals surface area contributed by atoms with Gasteiger partial charge in [0, 0.05) is 26.7 Å². The first-order valence-corrected chi connectivity index (χ1v) is 15.6. The van der Waals surface area contributed by atoms with Crippen molar-refractivity contribution in [2.24, 2.45) is 7.05 Å². The van der Waals surface area contributed by atoms with E-state index >= 15 is 0 Å². The summed E-state index contributed by atoms with van der Waals surface area (Å²) in [7, 11) is -3.38. The molecule has 12 nitrogen and oxygen atoms in total. The number of rotatable bonds is 10. The monoisotopic (exact) mass is 643 g/mol. The lowest BCUT2D eigenvalue weighted by Gasteiger charge is -2.29. The van der Waals surface area contributed by atoms with Crippen LogP contribution in [0.2, 0.25) is 0 Å². The summed E-state index contributed by atoms with van der Waals surface area (Å²) in [5.74, 6) is -4.23. The van der Waals surface area contributed by atoms with E-state index in [2.05, 4.69) is 15.6 Å². The second-order valence-electron chi connectivity index (χ2n) is 11.1. The zero-order chi connectivity index (χ0) is 33.9. The van der Waals surface area contributed by atoms with Crippen molar-refractivity contribution in [3.8, 4) is 5.75 Å². The van der Waals surface area contributed by atoms with Crippen molar-refractivity contribution in [1.82, 2.24) is 25.1 Å². The number of amides is 3. The number of aryl methyl sites for hydroxylation is 3. The summed E-state index contributed by atoms with van der Waals surface area (Å²) in [6.45, 7) is 11.8. The van der Waals surface area contributed by atoms with E-state index in [1.807, 2.05) is 0 Å². The lowest BCUT2D eigenvalue weighted by Crippen LogP contribution is -2.51. The maximum Gasteiger partial charge on any atom is 0.340 e. The van der Waals surface area contributed by atoms with Gasteiger partial charge in [0.2, 0.25) is 5.75 Å². The SMILES string of the molecule is CCN(CC)C(=O)C(=O)NC(C)(C)c1nc(C(=O)NCc2ccc(F)cc2)c(OS(=O)(=O)c2c(C)cc(C)cc2C)c(=O)n1C. The van der Waals surface area contributed by atoms with Crippen LogP contribution < -0.4 is 20.4 Å². The maximum atomic E-state index is 13.8. The van der Waals surface area contributed by atoms with Gasteiger partial charge in [-0.25, -0.2) is 9.37 Å². The van der Waals surface area contributed by atoms with Gasteiger partial charge in [-0.15, -0.1) is 0 Å². The molecular formula is C31H38FN5O7S. The zero-order valence-corrected chi connectivity index (χ0v) is 27.4. The molecule has 2 N–H and O–H groups in total. The standard InChI is InChI=1S/C31H38FN5O7S/c1-9-37(10-2)29(41)27(39)35-31(6,7)30-34-23(26(38)33-17-21-11-13-22(32)14-12-21)24(28(40)36(30)8)44-45(42,43)25-19(4)15-18(3)16-20(25)5/h11-16H,9-10,17H2,1-8H3,(H,33,38)(H,35,39). The third kappa shape index (κ3) is 7.74. The predicted molar refractivity (Wildman–Crippen MR) is 165 cm³/mol. The summed E-state index contributed by atoms with van der Waals surface area (Å²) in [5, 5.41) is 5.10. The van der Waals surface area contributed by atoms with Crippen molar-refractivity contribution in [2.75, 3.05) is 13.1 Å². The van der Waals surface area contributed by atoms with Crippen molar-refractivity contribution >= 4 is 27.8 Å². The highest BCUT2D eigenvalue weighted by Crippen LogP contribution is 2.27. The number of carbonyl (C=O) groups excluding carboxylic acids is 3. The molecule has 0 aliphatic carbocycles. The highest BCUT2D eigenvalue weighted by atomic mass is 32.2. The number of benzene rings is 2. The second-order valence-corrected chi connectivity index (χ2v) is 12.6. The molecule has 0 aliphatic rings. The highest BCUT2D eigenvalue weighted by Gasteiger charge is 2.36. The minimum Gasteiger partial charge on any atom is -0.370 e. The van der Waals surface area contributed by atoms with Crippen LogP contribution in [0.15, 0.2) is 46.1 Å². The third-order valence-electron chi connectivity index (χ3n) is 7.11. The van der Waals surface area contributed by atoms with E-state index < -0.39 is 56.2 Å². The molecule has 0 bridgehead atoms. The van der Waals surface area contributed by atoms with Gasteiger partial charge < -0.3 is 19.7 Å². The molecule has 1 heterocycles. The fourth-order valence-electron chi connectivity index (χ4n) is 5.00. The summed E-state index contributed by atoms with van der Waals surface area (Å²) in [5.41, 5.74) is -1.13. The first-order chi connectivity index (χ1) is 20.9. The summed E-state index contributed by atoms with van der Waals surface area (Å²) in [4.78, 5) is 58.3. The first kappa shape index (κ1) is 34.9. The lowest BCUT2D eigenvalue weighted by molar-refractivity contribution is -0.146. The first-order valence-electron chi connectivity index (χ1n) is 14.2. The van der Waals surface area contributed by atoms with Crippen molar-refractivity contribution in [1.29, 1.82) is 0 Å². The quantitative estimate of drug-likeness (QED) is 0.252. The topological polar surface area (TPSA) is 157 Å². The average Bonchev–Trinajstić information content (AvgIpc) is 2.94. The van der Waals surface area contributed by atoms with Gasteiger partial charge >= 0.3 is 21.9 Å².